The van der Waals surface area contributed by atoms with Gasteiger partial charge in [-0.25, -0.2) is 0 Å². The third kappa shape index (κ3) is 3.74. The Labute approximate surface area is 129 Å². The van der Waals surface area contributed by atoms with Crippen molar-refractivity contribution in [2.45, 2.75) is 19.4 Å². The highest BCUT2D eigenvalue weighted by Gasteiger charge is 2.36. The summed E-state index contributed by atoms with van der Waals surface area (Å²) in [5, 5.41) is 3.27. The summed E-state index contributed by atoms with van der Waals surface area (Å²) in [4.78, 5) is 25.9. The molecule has 2 unspecified atom stereocenters. The van der Waals surface area contributed by atoms with E-state index in [0.29, 0.717) is 23.9 Å². The van der Waals surface area contributed by atoms with Crippen LogP contribution in [-0.4, -0.2) is 43.0 Å². The molecule has 1 heterocycles. The van der Waals surface area contributed by atoms with E-state index in [4.69, 9.17) is 16.3 Å². The van der Waals surface area contributed by atoms with Gasteiger partial charge in [0.05, 0.1) is 29.3 Å². The van der Waals surface area contributed by atoms with Crippen LogP contribution >= 0.6 is 11.6 Å². The van der Waals surface area contributed by atoms with Crippen molar-refractivity contribution in [1.29, 1.82) is 0 Å². The molecular formula is C15H19ClN2O3. The number of amides is 2. The minimum absolute atomic E-state index is 0.0149. The zero-order valence-electron chi connectivity index (χ0n) is 12.1. The molecule has 0 aliphatic carbocycles. The smallest absolute Gasteiger partial charge is 0.229 e. The first-order valence-corrected chi connectivity index (χ1v) is 7.24. The summed E-state index contributed by atoms with van der Waals surface area (Å²) in [6.45, 7) is 2.79. The second-order valence-corrected chi connectivity index (χ2v) is 5.63. The molecule has 2 rings (SSSR count). The molecule has 0 aromatic heterocycles. The monoisotopic (exact) mass is 310 g/mol. The zero-order valence-corrected chi connectivity index (χ0v) is 12.9. The molecule has 5 nitrogen and oxygen atoms in total. The van der Waals surface area contributed by atoms with Gasteiger partial charge in [0.1, 0.15) is 0 Å². The molecule has 0 bridgehead atoms. The van der Waals surface area contributed by atoms with Crippen LogP contribution in [0.5, 0.6) is 0 Å². The highest BCUT2D eigenvalue weighted by atomic mass is 35.5. The van der Waals surface area contributed by atoms with Gasteiger partial charge in [-0.3, -0.25) is 9.59 Å². The van der Waals surface area contributed by atoms with Crippen molar-refractivity contribution in [2.75, 3.05) is 25.6 Å². The van der Waals surface area contributed by atoms with E-state index in [2.05, 4.69) is 5.32 Å². The standard InChI is InChI=1S/C15H19ClN2O3/c1-10(9-21-2)18-8-11(7-14(18)19)15(20)17-13-6-4-3-5-12(13)16/h3-6,10-11H,7-9H2,1-2H3,(H,17,20). The van der Waals surface area contributed by atoms with Crippen LogP contribution in [0.4, 0.5) is 5.69 Å². The number of methoxy groups -OCH3 is 1. The van der Waals surface area contributed by atoms with Gasteiger partial charge >= 0.3 is 0 Å². The Kier molecular flexibility index (Phi) is 5.20. The lowest BCUT2D eigenvalue weighted by atomic mass is 10.1. The summed E-state index contributed by atoms with van der Waals surface area (Å²) < 4.78 is 5.06. The molecule has 1 fully saturated rings. The third-order valence-electron chi connectivity index (χ3n) is 3.60. The second kappa shape index (κ2) is 6.91. The summed E-state index contributed by atoms with van der Waals surface area (Å²) >= 11 is 6.02. The molecule has 1 N–H and O–H groups in total. The number of benzene rings is 1. The summed E-state index contributed by atoms with van der Waals surface area (Å²) in [5.74, 6) is -0.546. The number of nitrogens with zero attached hydrogens (tertiary/aromatic N) is 1. The largest absolute Gasteiger partial charge is 0.383 e. The SMILES string of the molecule is COCC(C)N1CC(C(=O)Nc2ccccc2Cl)CC1=O. The number of anilines is 1. The number of nitrogens with one attached hydrogen (secondary N) is 1. The quantitative estimate of drug-likeness (QED) is 0.906. The lowest BCUT2D eigenvalue weighted by Crippen LogP contribution is -2.38. The van der Waals surface area contributed by atoms with Crippen LogP contribution in [0.2, 0.25) is 5.02 Å². The predicted molar refractivity (Wildman–Crippen MR) is 81.2 cm³/mol. The molecule has 1 saturated heterocycles. The molecule has 6 heteroatoms. The molecule has 1 aromatic carbocycles. The Morgan fingerprint density at radius 3 is 2.90 bits per heavy atom. The molecule has 21 heavy (non-hydrogen) atoms. The Hall–Kier alpha value is -1.59. The molecule has 1 aliphatic rings. The molecule has 114 valence electrons. The normalized spacial score (nSPS) is 19.7. The Bertz CT molecular complexity index is 535. The van der Waals surface area contributed by atoms with E-state index in [1.165, 1.54) is 0 Å². The molecule has 1 aromatic rings. The van der Waals surface area contributed by atoms with Gasteiger partial charge in [0, 0.05) is 20.1 Å². The summed E-state index contributed by atoms with van der Waals surface area (Å²) in [5.41, 5.74) is 0.569. The highest BCUT2D eigenvalue weighted by Crippen LogP contribution is 2.25. The number of ether oxygens (including phenoxy) is 1. The fraction of sp³-hybridized carbons (Fsp3) is 0.467. The number of carbonyl (C=O) groups is 2. The third-order valence-corrected chi connectivity index (χ3v) is 3.93. The summed E-state index contributed by atoms with van der Waals surface area (Å²) in [6, 6.07) is 7.02. The maximum absolute atomic E-state index is 12.3. The van der Waals surface area contributed by atoms with Gasteiger partial charge in [-0.2, -0.15) is 0 Å². The first-order valence-electron chi connectivity index (χ1n) is 6.86. The van der Waals surface area contributed by atoms with Crippen molar-refractivity contribution in [3.8, 4) is 0 Å². The van der Waals surface area contributed by atoms with Gasteiger partial charge in [0.15, 0.2) is 0 Å². The molecular weight excluding hydrogens is 292 g/mol. The van der Waals surface area contributed by atoms with Crippen LogP contribution in [0.25, 0.3) is 0 Å². The lowest BCUT2D eigenvalue weighted by molar-refractivity contribution is -0.130. The summed E-state index contributed by atoms with van der Waals surface area (Å²) in [7, 11) is 1.60. The summed E-state index contributed by atoms with van der Waals surface area (Å²) in [6.07, 6.45) is 0.227. The van der Waals surface area contributed by atoms with E-state index in [-0.39, 0.29) is 30.2 Å². The molecule has 0 saturated carbocycles. The van der Waals surface area contributed by atoms with E-state index < -0.39 is 0 Å². The number of halogens is 1. The fourth-order valence-corrected chi connectivity index (χ4v) is 2.64. The number of carbonyl (C=O) groups excluding carboxylic acids is 2. The lowest BCUT2D eigenvalue weighted by Gasteiger charge is -2.23. The van der Waals surface area contributed by atoms with Crippen LogP contribution in [0.3, 0.4) is 0 Å². The minimum Gasteiger partial charge on any atom is -0.383 e. The van der Waals surface area contributed by atoms with E-state index in [1.54, 1.807) is 36.3 Å². The van der Waals surface area contributed by atoms with Gasteiger partial charge in [-0.1, -0.05) is 23.7 Å². The van der Waals surface area contributed by atoms with E-state index in [1.807, 2.05) is 6.92 Å². The van der Waals surface area contributed by atoms with Crippen molar-refractivity contribution in [3.63, 3.8) is 0 Å². The van der Waals surface area contributed by atoms with Crippen molar-refractivity contribution in [2.24, 2.45) is 5.92 Å². The molecule has 2 amide bonds. The zero-order chi connectivity index (χ0) is 15.4. The number of likely N-dealkylation sites (tertiary alicyclic amines) is 1. The van der Waals surface area contributed by atoms with Crippen molar-refractivity contribution in [1.82, 2.24) is 4.90 Å². The molecule has 0 radical (unpaired) electrons. The topological polar surface area (TPSA) is 58.6 Å². The first-order chi connectivity index (χ1) is 10.0. The maximum atomic E-state index is 12.3. The Balaban J connectivity index is 1.99. The van der Waals surface area contributed by atoms with Gasteiger partial charge in [0.2, 0.25) is 11.8 Å². The number of hydrogen-bond acceptors (Lipinski definition) is 3. The van der Waals surface area contributed by atoms with Gasteiger partial charge in [-0.05, 0) is 19.1 Å². The Morgan fingerprint density at radius 2 is 2.24 bits per heavy atom. The number of rotatable bonds is 5. The van der Waals surface area contributed by atoms with Gasteiger partial charge < -0.3 is 15.0 Å². The first kappa shape index (κ1) is 15.8. The fourth-order valence-electron chi connectivity index (χ4n) is 2.46. The van der Waals surface area contributed by atoms with Crippen LogP contribution in [0.15, 0.2) is 24.3 Å². The van der Waals surface area contributed by atoms with E-state index in [0.717, 1.165) is 0 Å². The van der Waals surface area contributed by atoms with E-state index >= 15 is 0 Å². The average molecular weight is 311 g/mol. The van der Waals surface area contributed by atoms with Crippen molar-refractivity contribution < 1.29 is 14.3 Å². The minimum atomic E-state index is -0.354. The Morgan fingerprint density at radius 1 is 1.52 bits per heavy atom. The highest BCUT2D eigenvalue weighted by molar-refractivity contribution is 6.33. The van der Waals surface area contributed by atoms with Crippen molar-refractivity contribution >= 4 is 29.1 Å². The van der Waals surface area contributed by atoms with Gasteiger partial charge in [0.25, 0.3) is 0 Å². The number of hydrogen-bond donors (Lipinski definition) is 1. The maximum Gasteiger partial charge on any atom is 0.229 e. The molecule has 0 spiro atoms. The number of para-hydroxylation sites is 1. The van der Waals surface area contributed by atoms with Crippen LogP contribution in [0.1, 0.15) is 13.3 Å². The molecule has 2 atom stereocenters. The predicted octanol–water partition coefficient (Wildman–Crippen LogP) is 2.16. The van der Waals surface area contributed by atoms with Crippen LogP contribution < -0.4 is 5.32 Å². The van der Waals surface area contributed by atoms with Gasteiger partial charge in [-0.15, -0.1) is 0 Å². The van der Waals surface area contributed by atoms with E-state index in [9.17, 15) is 9.59 Å². The van der Waals surface area contributed by atoms with Crippen LogP contribution in [0, 0.1) is 5.92 Å². The molecule has 1 aliphatic heterocycles. The second-order valence-electron chi connectivity index (χ2n) is 5.22. The van der Waals surface area contributed by atoms with Crippen molar-refractivity contribution in [3.05, 3.63) is 29.3 Å². The van der Waals surface area contributed by atoms with Crippen LogP contribution in [-0.2, 0) is 14.3 Å². The average Bonchev–Trinajstić information content (AvgIpc) is 2.84.